The Kier molecular flexibility index (Phi) is 2.75. The lowest BCUT2D eigenvalue weighted by molar-refractivity contribution is -0.242. The maximum Gasteiger partial charge on any atom is 0.178 e. The maximum absolute atomic E-state index is 12.3. The number of allylic oxidation sites excluding steroid dienone is 1. The zero-order valence-electron chi connectivity index (χ0n) is 12.4. The Morgan fingerprint density at radius 1 is 1.21 bits per heavy atom. The largest absolute Gasteiger partial charge is 0.347 e. The fourth-order valence-electron chi connectivity index (χ4n) is 4.32. The highest BCUT2D eigenvalue weighted by molar-refractivity contribution is 5.89. The first-order chi connectivity index (χ1) is 8.82. The van der Waals surface area contributed by atoms with Gasteiger partial charge in [0.05, 0.1) is 13.2 Å². The maximum atomic E-state index is 12.3. The van der Waals surface area contributed by atoms with Crippen LogP contribution in [0.15, 0.2) is 11.6 Å². The van der Waals surface area contributed by atoms with E-state index < -0.39 is 5.79 Å². The van der Waals surface area contributed by atoms with Crippen LogP contribution in [0.25, 0.3) is 0 Å². The highest BCUT2D eigenvalue weighted by Gasteiger charge is 2.62. The minimum atomic E-state index is -0.505. The molecule has 3 rings (SSSR count). The molecule has 3 nitrogen and oxygen atoms in total. The van der Waals surface area contributed by atoms with E-state index in [0.29, 0.717) is 31.3 Å². The van der Waals surface area contributed by atoms with Crippen LogP contribution in [0, 0.1) is 16.7 Å². The van der Waals surface area contributed by atoms with E-state index in [1.807, 2.05) is 0 Å². The molecule has 106 valence electrons. The van der Waals surface area contributed by atoms with Gasteiger partial charge in [-0.15, -0.1) is 0 Å². The Bertz CT molecular complexity index is 443. The zero-order valence-corrected chi connectivity index (χ0v) is 12.4. The monoisotopic (exact) mass is 264 g/mol. The third-order valence-corrected chi connectivity index (χ3v) is 5.45. The van der Waals surface area contributed by atoms with Crippen LogP contribution in [0.3, 0.4) is 0 Å². The van der Waals surface area contributed by atoms with Crippen molar-refractivity contribution < 1.29 is 14.3 Å². The average Bonchev–Trinajstić information content (AvgIpc) is 2.79. The summed E-state index contributed by atoms with van der Waals surface area (Å²) in [7, 11) is 0. The first kappa shape index (κ1) is 13.3. The number of hydrogen-bond acceptors (Lipinski definition) is 3. The van der Waals surface area contributed by atoms with Gasteiger partial charge in [0, 0.05) is 23.7 Å². The first-order valence-corrected chi connectivity index (χ1v) is 7.36. The summed E-state index contributed by atoms with van der Waals surface area (Å²) < 4.78 is 12.2. The number of ether oxygens (including phenoxy) is 2. The van der Waals surface area contributed by atoms with Gasteiger partial charge in [-0.1, -0.05) is 19.9 Å². The molecule has 2 fully saturated rings. The molecule has 0 bridgehead atoms. The lowest BCUT2D eigenvalue weighted by atomic mass is 9.53. The molecule has 19 heavy (non-hydrogen) atoms. The van der Waals surface area contributed by atoms with E-state index in [9.17, 15) is 4.79 Å². The average molecular weight is 264 g/mol. The van der Waals surface area contributed by atoms with E-state index in [-0.39, 0.29) is 10.8 Å². The second-order valence-electron chi connectivity index (χ2n) is 7.09. The van der Waals surface area contributed by atoms with Crippen molar-refractivity contribution in [2.24, 2.45) is 16.7 Å². The van der Waals surface area contributed by atoms with Crippen LogP contribution in [0.5, 0.6) is 0 Å². The topological polar surface area (TPSA) is 35.5 Å². The molecule has 1 heterocycles. The van der Waals surface area contributed by atoms with E-state index in [4.69, 9.17) is 9.47 Å². The molecular weight excluding hydrogens is 240 g/mol. The van der Waals surface area contributed by atoms with E-state index in [2.05, 4.69) is 33.8 Å². The van der Waals surface area contributed by atoms with Crippen LogP contribution in [-0.4, -0.2) is 24.8 Å². The summed E-state index contributed by atoms with van der Waals surface area (Å²) >= 11 is 0. The summed E-state index contributed by atoms with van der Waals surface area (Å²) in [6.45, 7) is 9.87. The molecule has 3 aliphatic rings. The Balaban J connectivity index is 2.13. The Morgan fingerprint density at radius 2 is 1.84 bits per heavy atom. The summed E-state index contributed by atoms with van der Waals surface area (Å²) in [5.41, 5.74) is 0.689. The van der Waals surface area contributed by atoms with Crippen LogP contribution in [-0.2, 0) is 14.3 Å². The second-order valence-corrected chi connectivity index (χ2v) is 7.09. The van der Waals surface area contributed by atoms with Crippen LogP contribution in [0.2, 0.25) is 0 Å². The SMILES string of the molecule is C[C@@H]1C=C2C(C)(C)C(=O)CC[C@]2(C)C2(C1)OCCO2. The van der Waals surface area contributed by atoms with Gasteiger partial charge in [-0.05, 0) is 31.8 Å². The van der Waals surface area contributed by atoms with Crippen LogP contribution in [0.1, 0.15) is 47.0 Å². The summed E-state index contributed by atoms with van der Waals surface area (Å²) in [5.74, 6) is 0.235. The van der Waals surface area contributed by atoms with E-state index in [1.54, 1.807) is 0 Å². The van der Waals surface area contributed by atoms with Crippen molar-refractivity contribution in [3.63, 3.8) is 0 Å². The quantitative estimate of drug-likeness (QED) is 0.631. The normalized spacial score (nSPS) is 40.1. The summed E-state index contributed by atoms with van der Waals surface area (Å²) in [5, 5.41) is 0. The molecule has 1 aliphatic heterocycles. The van der Waals surface area contributed by atoms with E-state index >= 15 is 0 Å². The Morgan fingerprint density at radius 3 is 2.47 bits per heavy atom. The van der Waals surface area contributed by atoms with Crippen molar-refractivity contribution in [3.8, 4) is 0 Å². The molecule has 3 heteroatoms. The predicted octanol–water partition coefficient (Wildman–Crippen LogP) is 3.09. The molecule has 0 amide bonds. The van der Waals surface area contributed by atoms with Crippen LogP contribution < -0.4 is 0 Å². The van der Waals surface area contributed by atoms with Crippen molar-refractivity contribution >= 4 is 5.78 Å². The molecule has 0 aromatic heterocycles. The third kappa shape index (κ3) is 1.61. The highest BCUT2D eigenvalue weighted by atomic mass is 16.7. The molecule has 1 saturated carbocycles. The van der Waals surface area contributed by atoms with E-state index in [1.165, 1.54) is 5.57 Å². The van der Waals surface area contributed by atoms with Gasteiger partial charge in [0.25, 0.3) is 0 Å². The minimum absolute atomic E-state index is 0.159. The van der Waals surface area contributed by atoms with Gasteiger partial charge in [0.1, 0.15) is 5.78 Å². The fourth-order valence-corrected chi connectivity index (χ4v) is 4.32. The number of carbonyl (C=O) groups is 1. The molecule has 0 N–H and O–H groups in total. The van der Waals surface area contributed by atoms with Gasteiger partial charge in [-0.25, -0.2) is 0 Å². The van der Waals surface area contributed by atoms with Crippen molar-refractivity contribution in [1.82, 2.24) is 0 Å². The molecule has 1 saturated heterocycles. The Hall–Kier alpha value is -0.670. The lowest BCUT2D eigenvalue weighted by Crippen LogP contribution is -2.57. The van der Waals surface area contributed by atoms with Crippen molar-refractivity contribution in [2.45, 2.75) is 52.7 Å². The molecule has 2 aliphatic carbocycles. The molecule has 1 spiro atoms. The molecular formula is C16H24O3. The van der Waals surface area contributed by atoms with Gasteiger partial charge >= 0.3 is 0 Å². The summed E-state index contributed by atoms with van der Waals surface area (Å²) in [4.78, 5) is 12.3. The standard InChI is InChI=1S/C16H24O3/c1-11-9-12-14(2,3)13(17)5-6-15(12,4)16(10-11)18-7-8-19-16/h9,11H,5-8,10H2,1-4H3/t11-,15+/m1/s1. The number of ketones is 1. The van der Waals surface area contributed by atoms with Crippen molar-refractivity contribution in [2.75, 3.05) is 13.2 Å². The fraction of sp³-hybridized carbons (Fsp3) is 0.812. The molecule has 2 atom stereocenters. The molecule has 0 aromatic rings. The molecule has 0 radical (unpaired) electrons. The molecule has 0 aromatic carbocycles. The van der Waals surface area contributed by atoms with Gasteiger partial charge < -0.3 is 9.47 Å². The number of rotatable bonds is 0. The predicted molar refractivity (Wildman–Crippen MR) is 72.6 cm³/mol. The minimum Gasteiger partial charge on any atom is -0.347 e. The smallest absolute Gasteiger partial charge is 0.178 e. The Labute approximate surface area is 115 Å². The van der Waals surface area contributed by atoms with E-state index in [0.717, 1.165) is 12.8 Å². The van der Waals surface area contributed by atoms with Crippen LogP contribution in [0.4, 0.5) is 0 Å². The van der Waals surface area contributed by atoms with Crippen molar-refractivity contribution in [1.29, 1.82) is 0 Å². The number of hydrogen-bond donors (Lipinski definition) is 0. The number of fused-ring (bicyclic) bond motifs is 2. The number of carbonyl (C=O) groups excluding carboxylic acids is 1. The molecule has 0 unspecified atom stereocenters. The van der Waals surface area contributed by atoms with Gasteiger partial charge in [-0.3, -0.25) is 4.79 Å². The van der Waals surface area contributed by atoms with Crippen molar-refractivity contribution in [3.05, 3.63) is 11.6 Å². The third-order valence-electron chi connectivity index (χ3n) is 5.45. The summed E-state index contributed by atoms with van der Waals surface area (Å²) in [6, 6.07) is 0. The highest BCUT2D eigenvalue weighted by Crippen LogP contribution is 2.60. The first-order valence-electron chi connectivity index (χ1n) is 7.36. The number of Topliss-reactive ketones (excluding diaryl/α,β-unsaturated/α-hetero) is 1. The van der Waals surface area contributed by atoms with Gasteiger partial charge in [-0.2, -0.15) is 0 Å². The second kappa shape index (κ2) is 3.92. The lowest BCUT2D eigenvalue weighted by Gasteiger charge is -2.56. The van der Waals surface area contributed by atoms with Gasteiger partial charge in [0.2, 0.25) is 0 Å². The van der Waals surface area contributed by atoms with Gasteiger partial charge in [0.15, 0.2) is 5.79 Å². The zero-order chi connectivity index (χ0) is 13.9. The summed E-state index contributed by atoms with van der Waals surface area (Å²) in [6.07, 6.45) is 4.67. The van der Waals surface area contributed by atoms with Crippen LogP contribution >= 0.6 is 0 Å².